The van der Waals surface area contributed by atoms with Crippen molar-refractivity contribution in [2.75, 3.05) is 36.4 Å². The number of fused-ring (bicyclic) bond motifs is 1. The Labute approximate surface area is 186 Å². The molecule has 3 aromatic carbocycles. The Morgan fingerprint density at radius 1 is 0.969 bits per heavy atom. The summed E-state index contributed by atoms with van der Waals surface area (Å²) in [6.45, 7) is 4.45. The maximum absolute atomic E-state index is 13.9. The second-order valence-corrected chi connectivity index (χ2v) is 8.15. The SMILES string of the molecule is O=C(Nc1ccc(N2CC[NH+](Cc3ccccc3F)CC2)cc1)c1cc2ccccc2o1. The van der Waals surface area contributed by atoms with Gasteiger partial charge in [0.1, 0.15) is 17.9 Å². The van der Waals surface area contributed by atoms with Gasteiger partial charge < -0.3 is 19.5 Å². The summed E-state index contributed by atoms with van der Waals surface area (Å²) in [5, 5.41) is 3.80. The summed E-state index contributed by atoms with van der Waals surface area (Å²) in [6.07, 6.45) is 0. The molecule has 5 nitrogen and oxygen atoms in total. The van der Waals surface area contributed by atoms with Crippen molar-refractivity contribution in [3.8, 4) is 0 Å². The summed E-state index contributed by atoms with van der Waals surface area (Å²) in [5.74, 6) is -0.0914. The number of rotatable bonds is 5. The summed E-state index contributed by atoms with van der Waals surface area (Å²) in [4.78, 5) is 16.3. The minimum Gasteiger partial charge on any atom is -0.451 e. The van der Waals surface area contributed by atoms with E-state index >= 15 is 0 Å². The van der Waals surface area contributed by atoms with Gasteiger partial charge in [0.15, 0.2) is 5.76 Å². The maximum atomic E-state index is 13.9. The Morgan fingerprint density at radius 2 is 1.69 bits per heavy atom. The molecule has 1 fully saturated rings. The first kappa shape index (κ1) is 20.3. The number of furan rings is 1. The van der Waals surface area contributed by atoms with Gasteiger partial charge in [-0.05, 0) is 42.5 Å². The minimum atomic E-state index is -0.265. The van der Waals surface area contributed by atoms with Crippen LogP contribution < -0.4 is 15.1 Å². The van der Waals surface area contributed by atoms with E-state index in [1.54, 1.807) is 12.1 Å². The zero-order chi connectivity index (χ0) is 21.9. The number of para-hydroxylation sites is 1. The molecule has 6 heteroatoms. The molecule has 0 atom stereocenters. The third kappa shape index (κ3) is 4.36. The van der Waals surface area contributed by atoms with Crippen LogP contribution in [0.5, 0.6) is 0 Å². The summed E-state index contributed by atoms with van der Waals surface area (Å²) in [6, 6.07) is 24.2. The van der Waals surface area contributed by atoms with E-state index in [1.165, 1.54) is 11.0 Å². The van der Waals surface area contributed by atoms with Crippen molar-refractivity contribution in [1.29, 1.82) is 0 Å². The number of hydrogen-bond acceptors (Lipinski definition) is 3. The van der Waals surface area contributed by atoms with Crippen molar-refractivity contribution in [1.82, 2.24) is 0 Å². The average molecular weight is 431 g/mol. The molecule has 162 valence electrons. The van der Waals surface area contributed by atoms with Gasteiger partial charge in [-0.15, -0.1) is 0 Å². The number of nitrogens with zero attached hydrogens (tertiary/aromatic N) is 1. The van der Waals surface area contributed by atoms with Crippen molar-refractivity contribution in [2.24, 2.45) is 0 Å². The molecule has 0 radical (unpaired) electrons. The highest BCUT2D eigenvalue weighted by Crippen LogP contribution is 2.22. The molecule has 0 bridgehead atoms. The van der Waals surface area contributed by atoms with Gasteiger partial charge in [-0.25, -0.2) is 4.39 Å². The summed E-state index contributed by atoms with van der Waals surface area (Å²) in [7, 11) is 0. The van der Waals surface area contributed by atoms with Crippen LogP contribution in [0.15, 0.2) is 83.3 Å². The Morgan fingerprint density at radius 3 is 2.44 bits per heavy atom. The summed E-state index contributed by atoms with van der Waals surface area (Å²) >= 11 is 0. The van der Waals surface area contributed by atoms with E-state index in [-0.39, 0.29) is 11.7 Å². The van der Waals surface area contributed by atoms with Gasteiger partial charge in [0, 0.05) is 22.3 Å². The Bertz CT molecular complexity index is 1190. The quantitative estimate of drug-likeness (QED) is 0.507. The molecule has 32 heavy (non-hydrogen) atoms. The van der Waals surface area contributed by atoms with Gasteiger partial charge in [-0.1, -0.05) is 36.4 Å². The molecule has 1 aliphatic heterocycles. The van der Waals surface area contributed by atoms with E-state index in [0.717, 1.165) is 48.5 Å². The molecule has 0 unspecified atom stereocenters. The van der Waals surface area contributed by atoms with E-state index in [4.69, 9.17) is 4.42 Å². The number of halogens is 1. The number of amides is 1. The standard InChI is InChI=1S/C26H24FN3O2/c27-23-7-3-1-6-20(23)18-29-13-15-30(16-14-29)22-11-9-21(10-12-22)28-26(31)25-17-19-5-2-4-8-24(19)32-25/h1-12,17H,13-16,18H2,(H,28,31)/p+1. The number of quaternary nitrogens is 1. The van der Waals surface area contributed by atoms with E-state index < -0.39 is 0 Å². The van der Waals surface area contributed by atoms with Crippen molar-refractivity contribution in [3.63, 3.8) is 0 Å². The maximum Gasteiger partial charge on any atom is 0.291 e. The first-order valence-corrected chi connectivity index (χ1v) is 10.9. The second kappa shape index (κ2) is 8.85. The minimum absolute atomic E-state index is 0.122. The van der Waals surface area contributed by atoms with E-state index in [0.29, 0.717) is 17.9 Å². The van der Waals surface area contributed by atoms with Gasteiger partial charge in [-0.2, -0.15) is 0 Å². The molecule has 1 saturated heterocycles. The average Bonchev–Trinajstić information content (AvgIpc) is 3.26. The Hall–Kier alpha value is -3.64. The van der Waals surface area contributed by atoms with E-state index in [9.17, 15) is 9.18 Å². The molecule has 2 N–H and O–H groups in total. The smallest absolute Gasteiger partial charge is 0.291 e. The van der Waals surface area contributed by atoms with Crippen LogP contribution in [-0.4, -0.2) is 32.1 Å². The lowest BCUT2D eigenvalue weighted by Crippen LogP contribution is -3.13. The number of anilines is 2. The fraction of sp³-hybridized carbons (Fsp3) is 0.192. The monoisotopic (exact) mass is 430 g/mol. The molecule has 0 aliphatic carbocycles. The fourth-order valence-electron chi connectivity index (χ4n) is 4.21. The summed E-state index contributed by atoms with van der Waals surface area (Å²) in [5.41, 5.74) is 3.32. The van der Waals surface area contributed by atoms with Crippen LogP contribution >= 0.6 is 0 Å². The van der Waals surface area contributed by atoms with E-state index in [2.05, 4.69) is 10.2 Å². The lowest BCUT2D eigenvalue weighted by atomic mass is 10.1. The fourth-order valence-corrected chi connectivity index (χ4v) is 4.21. The van der Waals surface area contributed by atoms with Gasteiger partial charge in [0.2, 0.25) is 0 Å². The van der Waals surface area contributed by atoms with Crippen molar-refractivity contribution in [3.05, 3.63) is 96.0 Å². The van der Waals surface area contributed by atoms with Crippen LogP contribution in [0.4, 0.5) is 15.8 Å². The third-order valence-electron chi connectivity index (χ3n) is 6.01. The van der Waals surface area contributed by atoms with Gasteiger partial charge in [0.05, 0.1) is 26.2 Å². The molecular weight excluding hydrogens is 405 g/mol. The molecule has 0 spiro atoms. The first-order valence-electron chi connectivity index (χ1n) is 10.9. The molecule has 5 rings (SSSR count). The number of carbonyl (C=O) groups excluding carboxylic acids is 1. The zero-order valence-electron chi connectivity index (χ0n) is 17.7. The largest absolute Gasteiger partial charge is 0.451 e. The Kier molecular flexibility index (Phi) is 5.60. The third-order valence-corrected chi connectivity index (χ3v) is 6.01. The normalized spacial score (nSPS) is 14.6. The second-order valence-electron chi connectivity index (χ2n) is 8.15. The number of nitrogens with one attached hydrogen (secondary N) is 2. The highest BCUT2D eigenvalue weighted by molar-refractivity contribution is 6.04. The van der Waals surface area contributed by atoms with Crippen molar-refractivity contribution in [2.45, 2.75) is 6.54 Å². The highest BCUT2D eigenvalue weighted by atomic mass is 19.1. The topological polar surface area (TPSA) is 49.9 Å². The van der Waals surface area contributed by atoms with Crippen LogP contribution in [0.1, 0.15) is 16.1 Å². The number of hydrogen-bond donors (Lipinski definition) is 2. The van der Waals surface area contributed by atoms with Crippen LogP contribution in [0.25, 0.3) is 11.0 Å². The van der Waals surface area contributed by atoms with Gasteiger partial charge in [-0.3, -0.25) is 4.79 Å². The van der Waals surface area contributed by atoms with Crippen LogP contribution in [-0.2, 0) is 6.54 Å². The Balaban J connectivity index is 1.17. The molecule has 0 saturated carbocycles. The van der Waals surface area contributed by atoms with E-state index in [1.807, 2.05) is 60.7 Å². The molecular formula is C26H25FN3O2+. The molecule has 1 aliphatic rings. The van der Waals surface area contributed by atoms with Crippen molar-refractivity contribution >= 4 is 28.3 Å². The van der Waals surface area contributed by atoms with Crippen molar-refractivity contribution < 1.29 is 18.5 Å². The lowest BCUT2D eigenvalue weighted by molar-refractivity contribution is -0.914. The molecule has 4 aromatic rings. The molecule has 2 heterocycles. The predicted octanol–water partition coefficient (Wildman–Crippen LogP) is 3.73. The molecule has 1 aromatic heterocycles. The zero-order valence-corrected chi connectivity index (χ0v) is 17.7. The molecule has 1 amide bonds. The van der Waals surface area contributed by atoms with Gasteiger partial charge >= 0.3 is 0 Å². The predicted molar refractivity (Wildman–Crippen MR) is 124 cm³/mol. The lowest BCUT2D eigenvalue weighted by Gasteiger charge is -2.33. The van der Waals surface area contributed by atoms with Crippen LogP contribution in [0.3, 0.4) is 0 Å². The number of piperazine rings is 1. The number of carbonyl (C=O) groups is 1. The highest BCUT2D eigenvalue weighted by Gasteiger charge is 2.21. The van der Waals surface area contributed by atoms with Crippen LogP contribution in [0, 0.1) is 5.82 Å². The first-order chi connectivity index (χ1) is 15.7. The van der Waals surface area contributed by atoms with Gasteiger partial charge in [0.25, 0.3) is 5.91 Å². The summed E-state index contributed by atoms with van der Waals surface area (Å²) < 4.78 is 19.6. The van der Waals surface area contributed by atoms with Crippen LogP contribution in [0.2, 0.25) is 0 Å². The number of benzene rings is 3.